The van der Waals surface area contributed by atoms with E-state index in [0.29, 0.717) is 22.9 Å². The minimum Gasteiger partial charge on any atom is -0.480 e. The highest BCUT2D eigenvalue weighted by molar-refractivity contribution is 5.81. The standard InChI is InChI=1S/C20H19NO3/c1-13-7-14(2)9-15(8-13)10-16-11-21(12-19(22)23)18-6-4-3-5-17(18)20(16)24/h3-9,11H,10,12H2,1-2H3,(H,22,23). The van der Waals surface area contributed by atoms with E-state index in [1.807, 2.05) is 19.9 Å². The van der Waals surface area contributed by atoms with Crippen LogP contribution in [0.25, 0.3) is 10.9 Å². The summed E-state index contributed by atoms with van der Waals surface area (Å²) in [6, 6.07) is 13.3. The zero-order valence-electron chi connectivity index (χ0n) is 13.7. The number of carboxylic acid groups (broad SMARTS) is 1. The van der Waals surface area contributed by atoms with Gasteiger partial charge in [0.1, 0.15) is 6.54 Å². The number of aryl methyl sites for hydroxylation is 2. The number of para-hydroxylation sites is 1. The normalized spacial score (nSPS) is 10.9. The first kappa shape index (κ1) is 16.0. The Bertz CT molecular complexity index is 966. The first-order valence-corrected chi connectivity index (χ1v) is 7.84. The van der Waals surface area contributed by atoms with Crippen molar-refractivity contribution in [2.45, 2.75) is 26.8 Å². The van der Waals surface area contributed by atoms with E-state index in [0.717, 1.165) is 16.7 Å². The van der Waals surface area contributed by atoms with Gasteiger partial charge in [0.15, 0.2) is 5.43 Å². The number of nitrogens with zero attached hydrogens (tertiary/aromatic N) is 1. The van der Waals surface area contributed by atoms with E-state index >= 15 is 0 Å². The highest BCUT2D eigenvalue weighted by atomic mass is 16.4. The van der Waals surface area contributed by atoms with Crippen LogP contribution in [0, 0.1) is 13.8 Å². The molecular weight excluding hydrogens is 302 g/mol. The van der Waals surface area contributed by atoms with E-state index in [2.05, 4.69) is 18.2 Å². The highest BCUT2D eigenvalue weighted by Gasteiger charge is 2.11. The molecule has 0 aliphatic rings. The van der Waals surface area contributed by atoms with Crippen LogP contribution in [0.4, 0.5) is 0 Å². The first-order valence-electron chi connectivity index (χ1n) is 7.84. The van der Waals surface area contributed by atoms with Crippen LogP contribution in [0.3, 0.4) is 0 Å². The van der Waals surface area contributed by atoms with E-state index in [4.69, 9.17) is 5.11 Å². The van der Waals surface area contributed by atoms with Crippen molar-refractivity contribution in [3.63, 3.8) is 0 Å². The minimum atomic E-state index is -0.929. The summed E-state index contributed by atoms with van der Waals surface area (Å²) in [7, 11) is 0. The average molecular weight is 321 g/mol. The molecule has 1 heterocycles. The molecule has 0 atom stereocenters. The van der Waals surface area contributed by atoms with Crippen molar-refractivity contribution in [3.8, 4) is 0 Å². The van der Waals surface area contributed by atoms with Crippen molar-refractivity contribution in [1.82, 2.24) is 4.57 Å². The van der Waals surface area contributed by atoms with Crippen molar-refractivity contribution < 1.29 is 9.90 Å². The Morgan fingerprint density at radius 2 is 1.75 bits per heavy atom. The lowest BCUT2D eigenvalue weighted by Gasteiger charge is -2.12. The number of carbonyl (C=O) groups is 1. The summed E-state index contributed by atoms with van der Waals surface area (Å²) < 4.78 is 1.64. The Morgan fingerprint density at radius 3 is 2.42 bits per heavy atom. The lowest BCUT2D eigenvalue weighted by molar-refractivity contribution is -0.137. The predicted molar refractivity (Wildman–Crippen MR) is 94.6 cm³/mol. The third kappa shape index (κ3) is 3.23. The Labute approximate surface area is 140 Å². The first-order chi connectivity index (χ1) is 11.4. The van der Waals surface area contributed by atoms with E-state index < -0.39 is 5.97 Å². The fourth-order valence-electron chi connectivity index (χ4n) is 3.20. The number of aromatic nitrogens is 1. The lowest BCUT2D eigenvalue weighted by Crippen LogP contribution is -2.18. The quantitative estimate of drug-likeness (QED) is 0.802. The monoisotopic (exact) mass is 321 g/mol. The molecule has 0 fully saturated rings. The van der Waals surface area contributed by atoms with Crippen LogP contribution in [0.1, 0.15) is 22.3 Å². The molecule has 1 aromatic heterocycles. The maximum Gasteiger partial charge on any atom is 0.323 e. The van der Waals surface area contributed by atoms with E-state index in [9.17, 15) is 9.59 Å². The molecule has 3 aromatic rings. The summed E-state index contributed by atoms with van der Waals surface area (Å²) in [6.45, 7) is 3.89. The molecule has 1 N–H and O–H groups in total. The van der Waals surface area contributed by atoms with E-state index in [-0.39, 0.29) is 12.0 Å². The number of aliphatic carboxylic acids is 1. The molecule has 0 bridgehead atoms. The van der Waals surface area contributed by atoms with Crippen molar-refractivity contribution in [1.29, 1.82) is 0 Å². The fourth-order valence-corrected chi connectivity index (χ4v) is 3.20. The van der Waals surface area contributed by atoms with E-state index in [1.54, 1.807) is 29.0 Å². The molecule has 2 aromatic carbocycles. The van der Waals surface area contributed by atoms with Crippen molar-refractivity contribution >= 4 is 16.9 Å². The summed E-state index contributed by atoms with van der Waals surface area (Å²) in [5.74, 6) is -0.929. The number of benzene rings is 2. The third-order valence-corrected chi connectivity index (χ3v) is 4.04. The van der Waals surface area contributed by atoms with Crippen molar-refractivity contribution in [2.24, 2.45) is 0 Å². The van der Waals surface area contributed by atoms with Crippen LogP contribution in [0.5, 0.6) is 0 Å². The molecule has 0 amide bonds. The van der Waals surface area contributed by atoms with Gasteiger partial charge in [-0.15, -0.1) is 0 Å². The predicted octanol–water partition coefficient (Wildman–Crippen LogP) is 3.29. The zero-order valence-corrected chi connectivity index (χ0v) is 13.7. The number of rotatable bonds is 4. The molecule has 0 saturated carbocycles. The summed E-state index contributed by atoms with van der Waals surface area (Å²) in [5.41, 5.74) is 4.58. The molecule has 0 aliphatic carbocycles. The molecule has 0 saturated heterocycles. The Balaban J connectivity index is 2.15. The summed E-state index contributed by atoms with van der Waals surface area (Å²) in [4.78, 5) is 23.9. The fraction of sp³-hybridized carbons (Fsp3) is 0.200. The molecule has 0 aliphatic heterocycles. The van der Waals surface area contributed by atoms with Gasteiger partial charge < -0.3 is 9.67 Å². The second kappa shape index (κ2) is 6.32. The van der Waals surface area contributed by atoms with Gasteiger partial charge in [0.2, 0.25) is 0 Å². The summed E-state index contributed by atoms with van der Waals surface area (Å²) >= 11 is 0. The van der Waals surface area contributed by atoms with Gasteiger partial charge in [0, 0.05) is 23.6 Å². The number of carboxylic acids is 1. The lowest BCUT2D eigenvalue weighted by atomic mass is 10.00. The van der Waals surface area contributed by atoms with Gasteiger partial charge in [-0.3, -0.25) is 9.59 Å². The van der Waals surface area contributed by atoms with E-state index in [1.165, 1.54) is 0 Å². The second-order valence-electron chi connectivity index (χ2n) is 6.19. The van der Waals surface area contributed by atoms with Crippen molar-refractivity contribution in [3.05, 3.63) is 81.1 Å². The second-order valence-corrected chi connectivity index (χ2v) is 6.19. The van der Waals surface area contributed by atoms with Crippen LogP contribution in [-0.4, -0.2) is 15.6 Å². The SMILES string of the molecule is Cc1cc(C)cc(Cc2cn(CC(=O)O)c3ccccc3c2=O)c1. The molecule has 0 spiro atoms. The van der Waals surface area contributed by atoms with Gasteiger partial charge in [-0.2, -0.15) is 0 Å². The van der Waals surface area contributed by atoms with Gasteiger partial charge in [-0.25, -0.2) is 0 Å². The number of pyridine rings is 1. The van der Waals surface area contributed by atoms with Gasteiger partial charge in [-0.05, 0) is 31.5 Å². The molecule has 122 valence electrons. The van der Waals surface area contributed by atoms with Crippen LogP contribution in [0.2, 0.25) is 0 Å². The van der Waals surface area contributed by atoms with Crippen LogP contribution in [0.15, 0.2) is 53.5 Å². The van der Waals surface area contributed by atoms with Gasteiger partial charge >= 0.3 is 5.97 Å². The van der Waals surface area contributed by atoms with Crippen molar-refractivity contribution in [2.75, 3.05) is 0 Å². The summed E-state index contributed by atoms with van der Waals surface area (Å²) in [6.07, 6.45) is 2.17. The van der Waals surface area contributed by atoms with Crippen LogP contribution < -0.4 is 5.43 Å². The minimum absolute atomic E-state index is 0.0357. The molecule has 0 unspecified atom stereocenters. The average Bonchev–Trinajstić information content (AvgIpc) is 2.50. The number of hydrogen-bond acceptors (Lipinski definition) is 2. The smallest absolute Gasteiger partial charge is 0.323 e. The van der Waals surface area contributed by atoms with Gasteiger partial charge in [-0.1, -0.05) is 41.5 Å². The maximum absolute atomic E-state index is 12.8. The maximum atomic E-state index is 12.8. The molecule has 4 heteroatoms. The Hall–Kier alpha value is -2.88. The Morgan fingerprint density at radius 1 is 1.08 bits per heavy atom. The van der Waals surface area contributed by atoms with Crippen LogP contribution >= 0.6 is 0 Å². The topological polar surface area (TPSA) is 59.3 Å². The number of hydrogen-bond donors (Lipinski definition) is 1. The van der Waals surface area contributed by atoms with Gasteiger partial charge in [0.25, 0.3) is 0 Å². The molecule has 0 radical (unpaired) electrons. The molecule has 3 rings (SSSR count). The largest absolute Gasteiger partial charge is 0.480 e. The molecule has 24 heavy (non-hydrogen) atoms. The third-order valence-electron chi connectivity index (χ3n) is 4.04. The zero-order chi connectivity index (χ0) is 17.3. The summed E-state index contributed by atoms with van der Waals surface area (Å²) in [5, 5.41) is 9.71. The molecular formula is C20H19NO3. The Kier molecular flexibility index (Phi) is 4.21. The highest BCUT2D eigenvalue weighted by Crippen LogP contribution is 2.16. The van der Waals surface area contributed by atoms with Crippen LogP contribution in [-0.2, 0) is 17.8 Å². The number of fused-ring (bicyclic) bond motifs is 1. The van der Waals surface area contributed by atoms with Gasteiger partial charge in [0.05, 0.1) is 5.52 Å². The molecule has 4 nitrogen and oxygen atoms in total.